The van der Waals surface area contributed by atoms with Crippen LogP contribution in [0.15, 0.2) is 60.7 Å². The molecule has 0 radical (unpaired) electrons. The van der Waals surface area contributed by atoms with Crippen LogP contribution in [0.25, 0.3) is 0 Å². The molecule has 1 heteroatoms. The minimum absolute atomic E-state index is 0.474. The number of rotatable bonds is 4. The van der Waals surface area contributed by atoms with Crippen LogP contribution in [-0.4, -0.2) is 12.5 Å². The van der Waals surface area contributed by atoms with E-state index in [0.717, 1.165) is 6.16 Å². The minimum atomic E-state index is 0.474. The van der Waals surface area contributed by atoms with E-state index >= 15 is 0 Å². The van der Waals surface area contributed by atoms with Gasteiger partial charge in [0.2, 0.25) is 0 Å². The summed E-state index contributed by atoms with van der Waals surface area (Å²) in [5, 5.41) is 0. The van der Waals surface area contributed by atoms with Gasteiger partial charge in [-0.05, 0) is 17.3 Å². The molecule has 2 rings (SSSR count). The predicted molar refractivity (Wildman–Crippen MR) is 73.6 cm³/mol. The smallest absolute Gasteiger partial charge is 0.0165 e. The van der Waals surface area contributed by atoms with Crippen molar-refractivity contribution in [2.75, 3.05) is 6.16 Å². The zero-order valence-electron chi connectivity index (χ0n) is 9.21. The van der Waals surface area contributed by atoms with Gasteiger partial charge in [0.05, 0.1) is 0 Å². The first kappa shape index (κ1) is 11.1. The van der Waals surface area contributed by atoms with Crippen molar-refractivity contribution < 1.29 is 0 Å². The molecule has 2 aromatic carbocycles. The molecule has 0 aliphatic rings. The summed E-state index contributed by atoms with van der Waals surface area (Å²) in [5.74, 6) is 0.474. The zero-order valence-corrected chi connectivity index (χ0v) is 10.1. The first-order chi connectivity index (χ1) is 7.92. The van der Waals surface area contributed by atoms with Crippen LogP contribution in [0.1, 0.15) is 17.0 Å². The Bertz CT molecular complexity index is 394. The topological polar surface area (TPSA) is 0 Å². The van der Waals surface area contributed by atoms with Gasteiger partial charge in [0.1, 0.15) is 0 Å². The standard InChI is InChI=1S/C15H15P/c1-16-12-15(13-8-4-2-5-9-13)14-10-6-3-7-11-14/h2-11,15H,1,12H2. The fourth-order valence-electron chi connectivity index (χ4n) is 1.90. The van der Waals surface area contributed by atoms with E-state index in [9.17, 15) is 0 Å². The highest BCUT2D eigenvalue weighted by Crippen LogP contribution is 2.27. The van der Waals surface area contributed by atoms with Gasteiger partial charge < -0.3 is 0 Å². The van der Waals surface area contributed by atoms with Gasteiger partial charge in [0.15, 0.2) is 0 Å². The molecular formula is C15H15P. The molecular weight excluding hydrogens is 211 g/mol. The third-order valence-corrected chi connectivity index (χ3v) is 3.34. The molecule has 0 heterocycles. The Kier molecular flexibility index (Phi) is 3.91. The van der Waals surface area contributed by atoms with Gasteiger partial charge in [-0.2, -0.15) is 0 Å². The Morgan fingerprint density at radius 1 is 0.812 bits per heavy atom. The summed E-state index contributed by atoms with van der Waals surface area (Å²) in [7, 11) is 1.19. The molecule has 0 aliphatic carbocycles. The van der Waals surface area contributed by atoms with Crippen LogP contribution < -0.4 is 0 Å². The molecule has 80 valence electrons. The average Bonchev–Trinajstić information content (AvgIpc) is 2.38. The molecule has 0 N–H and O–H groups in total. The lowest BCUT2D eigenvalue weighted by atomic mass is 9.93. The highest BCUT2D eigenvalue weighted by atomic mass is 31.1. The quantitative estimate of drug-likeness (QED) is 0.685. The zero-order chi connectivity index (χ0) is 11.2. The Hall–Kier alpha value is -1.39. The van der Waals surface area contributed by atoms with E-state index in [1.807, 2.05) is 0 Å². The van der Waals surface area contributed by atoms with Crippen LogP contribution in [0.2, 0.25) is 0 Å². The van der Waals surface area contributed by atoms with Crippen molar-refractivity contribution in [2.24, 2.45) is 0 Å². The lowest BCUT2D eigenvalue weighted by Crippen LogP contribution is -2.02. The molecule has 0 unspecified atom stereocenters. The first-order valence-corrected chi connectivity index (χ1v) is 6.70. The average molecular weight is 226 g/mol. The highest BCUT2D eigenvalue weighted by molar-refractivity contribution is 7.36. The number of hydrogen-bond acceptors (Lipinski definition) is 0. The van der Waals surface area contributed by atoms with Gasteiger partial charge in [-0.3, -0.25) is 0 Å². The summed E-state index contributed by atoms with van der Waals surface area (Å²) < 4.78 is 0. The van der Waals surface area contributed by atoms with Gasteiger partial charge in [-0.25, -0.2) is 0 Å². The third kappa shape index (κ3) is 2.59. The van der Waals surface area contributed by atoms with Gasteiger partial charge in [0.25, 0.3) is 0 Å². The second-order valence-corrected chi connectivity index (χ2v) is 4.59. The maximum absolute atomic E-state index is 3.95. The fourth-order valence-corrected chi connectivity index (χ4v) is 2.58. The lowest BCUT2D eigenvalue weighted by Gasteiger charge is -2.15. The largest absolute Gasteiger partial charge is 0.112 e. The van der Waals surface area contributed by atoms with Crippen molar-refractivity contribution in [1.82, 2.24) is 0 Å². The van der Waals surface area contributed by atoms with Gasteiger partial charge in [-0.1, -0.05) is 67.0 Å². The van der Waals surface area contributed by atoms with Crippen molar-refractivity contribution in [2.45, 2.75) is 5.92 Å². The Morgan fingerprint density at radius 3 is 1.62 bits per heavy atom. The van der Waals surface area contributed by atoms with E-state index in [2.05, 4.69) is 67.0 Å². The monoisotopic (exact) mass is 226 g/mol. The Morgan fingerprint density at radius 2 is 1.25 bits per heavy atom. The van der Waals surface area contributed by atoms with Crippen molar-refractivity contribution in [3.05, 3.63) is 71.8 Å². The van der Waals surface area contributed by atoms with Crippen LogP contribution in [0, 0.1) is 0 Å². The van der Waals surface area contributed by atoms with Gasteiger partial charge in [0, 0.05) is 5.92 Å². The molecule has 0 fully saturated rings. The SMILES string of the molecule is C=PCC(c1ccccc1)c1ccccc1. The van der Waals surface area contributed by atoms with E-state index in [1.165, 1.54) is 19.3 Å². The van der Waals surface area contributed by atoms with Crippen LogP contribution in [0.4, 0.5) is 0 Å². The van der Waals surface area contributed by atoms with Gasteiger partial charge >= 0.3 is 0 Å². The van der Waals surface area contributed by atoms with Crippen molar-refractivity contribution in [3.8, 4) is 0 Å². The molecule has 0 amide bonds. The summed E-state index contributed by atoms with van der Waals surface area (Å²) in [6, 6.07) is 21.3. The molecule has 0 nitrogen and oxygen atoms in total. The van der Waals surface area contributed by atoms with E-state index < -0.39 is 0 Å². The van der Waals surface area contributed by atoms with Gasteiger partial charge in [-0.15, -0.1) is 8.20 Å². The number of benzene rings is 2. The summed E-state index contributed by atoms with van der Waals surface area (Å²) in [6.07, 6.45) is 5.03. The molecule has 2 aromatic rings. The van der Waals surface area contributed by atoms with Crippen molar-refractivity contribution in [3.63, 3.8) is 0 Å². The van der Waals surface area contributed by atoms with Crippen molar-refractivity contribution in [1.29, 1.82) is 0 Å². The summed E-state index contributed by atoms with van der Waals surface area (Å²) in [4.78, 5) is 0. The van der Waals surface area contributed by atoms with E-state index in [4.69, 9.17) is 0 Å². The molecule has 16 heavy (non-hydrogen) atoms. The Balaban J connectivity index is 2.35. The molecule has 0 bridgehead atoms. The molecule has 0 aliphatic heterocycles. The predicted octanol–water partition coefficient (Wildman–Crippen LogP) is 4.20. The summed E-state index contributed by atoms with van der Waals surface area (Å²) >= 11 is 0. The third-order valence-electron chi connectivity index (χ3n) is 2.72. The molecule has 0 saturated heterocycles. The van der Waals surface area contributed by atoms with Crippen LogP contribution in [-0.2, 0) is 0 Å². The highest BCUT2D eigenvalue weighted by Gasteiger charge is 2.11. The summed E-state index contributed by atoms with van der Waals surface area (Å²) in [5.41, 5.74) is 2.76. The first-order valence-electron chi connectivity index (χ1n) is 5.44. The molecule has 0 saturated carbocycles. The second-order valence-electron chi connectivity index (χ2n) is 3.78. The van der Waals surface area contributed by atoms with E-state index in [0.29, 0.717) is 5.92 Å². The normalized spacial score (nSPS) is 10.8. The number of hydrogen-bond donors (Lipinski definition) is 0. The molecule has 0 aromatic heterocycles. The van der Waals surface area contributed by atoms with Crippen LogP contribution in [0.5, 0.6) is 0 Å². The maximum atomic E-state index is 3.95. The maximum Gasteiger partial charge on any atom is 0.0165 e. The summed E-state index contributed by atoms with van der Waals surface area (Å²) in [6.45, 7) is 0. The van der Waals surface area contributed by atoms with Crippen LogP contribution in [0.3, 0.4) is 0 Å². The second kappa shape index (κ2) is 5.63. The van der Waals surface area contributed by atoms with Crippen LogP contribution >= 0.6 is 8.20 Å². The van der Waals surface area contributed by atoms with Crippen molar-refractivity contribution >= 4 is 14.5 Å². The fraction of sp³-hybridized carbons (Fsp3) is 0.133. The Labute approximate surface area is 98.8 Å². The van der Waals surface area contributed by atoms with E-state index in [1.54, 1.807) is 0 Å². The minimum Gasteiger partial charge on any atom is -0.112 e. The lowest BCUT2D eigenvalue weighted by molar-refractivity contribution is 0.937. The molecule has 0 atom stereocenters. The molecule has 0 spiro atoms. The van der Waals surface area contributed by atoms with E-state index in [-0.39, 0.29) is 0 Å².